The fourth-order valence-corrected chi connectivity index (χ4v) is 6.52. The summed E-state index contributed by atoms with van der Waals surface area (Å²) in [4.78, 5) is 21.0. The average molecular weight is 576 g/mol. The van der Waals surface area contributed by atoms with E-state index in [-0.39, 0.29) is 44.2 Å². The van der Waals surface area contributed by atoms with E-state index < -0.39 is 41.8 Å². The maximum Gasteiger partial charge on any atom is 0.395 e. The van der Waals surface area contributed by atoms with Gasteiger partial charge in [0.15, 0.2) is 5.82 Å². The second kappa shape index (κ2) is 10.1. The van der Waals surface area contributed by atoms with E-state index >= 15 is 8.78 Å². The van der Waals surface area contributed by atoms with Crippen LogP contribution in [0.4, 0.5) is 26.7 Å². The molecule has 5 fully saturated rings. The summed E-state index contributed by atoms with van der Waals surface area (Å²) in [6, 6.07) is -2.04. The lowest BCUT2D eigenvalue weighted by molar-refractivity contribution is -0.191. The third kappa shape index (κ3) is 5.56. The Hall–Kier alpha value is -2.02. The van der Waals surface area contributed by atoms with Crippen LogP contribution in [0.15, 0.2) is 4.52 Å². The van der Waals surface area contributed by atoms with E-state index in [2.05, 4.69) is 15.5 Å². The van der Waals surface area contributed by atoms with Crippen LogP contribution in [0.5, 0.6) is 0 Å². The quantitative estimate of drug-likeness (QED) is 0.461. The summed E-state index contributed by atoms with van der Waals surface area (Å²) >= 11 is 0. The summed E-state index contributed by atoms with van der Waals surface area (Å²) in [6.45, 7) is 3.43. The first kappa shape index (κ1) is 28.1. The minimum atomic E-state index is -4.23. The van der Waals surface area contributed by atoms with Crippen molar-refractivity contribution >= 4 is 6.03 Å². The van der Waals surface area contributed by atoms with E-state index in [0.717, 1.165) is 12.8 Å². The smallest absolute Gasteiger partial charge is 0.371 e. The van der Waals surface area contributed by atoms with Crippen molar-refractivity contribution in [2.24, 2.45) is 5.41 Å². The van der Waals surface area contributed by atoms with E-state index in [9.17, 15) is 18.0 Å². The number of likely N-dealkylation sites (tertiary alicyclic amines) is 2. The van der Waals surface area contributed by atoms with Gasteiger partial charge in [-0.3, -0.25) is 4.90 Å². The Morgan fingerprint density at radius 3 is 2.45 bits per heavy atom. The average Bonchev–Trinajstić information content (AvgIpc) is 3.79. The van der Waals surface area contributed by atoms with Gasteiger partial charge in [-0.15, -0.1) is 0 Å². The van der Waals surface area contributed by atoms with Crippen LogP contribution in [-0.4, -0.2) is 89.0 Å². The number of amides is 2. The minimum Gasteiger partial charge on any atom is -0.371 e. The fourth-order valence-electron chi connectivity index (χ4n) is 6.52. The number of nitrogens with one attached hydrogen (secondary N) is 1. The molecule has 1 aromatic heterocycles. The van der Waals surface area contributed by atoms with Crippen molar-refractivity contribution in [1.29, 1.82) is 0 Å². The monoisotopic (exact) mass is 575 g/mol. The predicted octanol–water partition coefficient (Wildman–Crippen LogP) is 5.00. The maximum atomic E-state index is 15.1. The summed E-state index contributed by atoms with van der Waals surface area (Å²) in [5, 5.41) is 6.75. The van der Waals surface area contributed by atoms with Crippen LogP contribution >= 0.6 is 0 Å². The number of urea groups is 1. The van der Waals surface area contributed by atoms with Crippen LogP contribution in [-0.2, 0) is 10.2 Å². The highest BCUT2D eigenvalue weighted by Crippen LogP contribution is 2.58. The Morgan fingerprint density at radius 1 is 1.07 bits per heavy atom. The van der Waals surface area contributed by atoms with Gasteiger partial charge in [0.25, 0.3) is 5.92 Å². The van der Waals surface area contributed by atoms with E-state index in [0.29, 0.717) is 63.0 Å². The maximum absolute atomic E-state index is 15.1. The molecule has 0 bridgehead atoms. The second-order valence-electron chi connectivity index (χ2n) is 13.0. The Kier molecular flexibility index (Phi) is 7.07. The van der Waals surface area contributed by atoms with Crippen LogP contribution in [0.3, 0.4) is 0 Å². The lowest BCUT2D eigenvalue weighted by Crippen LogP contribution is -2.61. The van der Waals surface area contributed by atoms with Crippen LogP contribution in [0.25, 0.3) is 0 Å². The Morgan fingerprint density at radius 2 is 1.80 bits per heavy atom. The lowest BCUT2D eigenvalue weighted by Gasteiger charge is -2.42. The van der Waals surface area contributed by atoms with Gasteiger partial charge in [0.05, 0.1) is 17.6 Å². The van der Waals surface area contributed by atoms with Crippen molar-refractivity contribution in [3.8, 4) is 0 Å². The molecule has 13 heteroatoms. The number of carbonyl (C=O) groups is 1. The molecule has 3 saturated carbocycles. The van der Waals surface area contributed by atoms with Gasteiger partial charge in [0.2, 0.25) is 5.89 Å². The number of hydrogen-bond donors (Lipinski definition) is 1. The van der Waals surface area contributed by atoms with Crippen molar-refractivity contribution in [3.05, 3.63) is 11.7 Å². The first-order valence-electron chi connectivity index (χ1n) is 14.6. The molecule has 2 saturated heterocycles. The van der Waals surface area contributed by atoms with Crippen LogP contribution in [0.1, 0.15) is 88.8 Å². The Balaban J connectivity index is 1.04. The van der Waals surface area contributed by atoms with Crippen molar-refractivity contribution in [1.82, 2.24) is 25.3 Å². The molecule has 0 aromatic carbocycles. The summed E-state index contributed by atoms with van der Waals surface area (Å²) in [5.74, 6) is -1.49. The normalized spacial score (nSPS) is 31.8. The first-order valence-corrected chi connectivity index (χ1v) is 14.6. The molecule has 0 unspecified atom stereocenters. The van der Waals surface area contributed by atoms with Gasteiger partial charge in [-0.1, -0.05) is 12.1 Å². The number of carbonyl (C=O) groups excluding carboxylic acids is 1. The molecule has 1 aromatic rings. The third-order valence-corrected chi connectivity index (χ3v) is 9.74. The zero-order valence-electron chi connectivity index (χ0n) is 22.8. The zero-order chi connectivity index (χ0) is 28.3. The summed E-state index contributed by atoms with van der Waals surface area (Å²) in [5.41, 5.74) is -1.99. The van der Waals surface area contributed by atoms with Gasteiger partial charge in [-0.2, -0.15) is 18.2 Å². The molecule has 40 heavy (non-hydrogen) atoms. The van der Waals surface area contributed by atoms with Gasteiger partial charge in [0, 0.05) is 50.5 Å². The topological polar surface area (TPSA) is 83.7 Å². The third-order valence-electron chi connectivity index (χ3n) is 9.74. The van der Waals surface area contributed by atoms with E-state index in [1.807, 2.05) is 6.92 Å². The molecule has 0 radical (unpaired) electrons. The SMILES string of the molecule is CC1(c2noc(C3CC3)n2)CCN(C(=O)N[C@@H]2[C@@H](O[C@H]3CCN(CC4(C(F)(F)F)CC4)C3)CCCC2(F)F)CC1. The zero-order valence-corrected chi connectivity index (χ0v) is 22.8. The summed E-state index contributed by atoms with van der Waals surface area (Å²) < 4.78 is 81.9. The predicted molar refractivity (Wildman–Crippen MR) is 133 cm³/mol. The molecule has 6 rings (SSSR count). The van der Waals surface area contributed by atoms with Crippen LogP contribution in [0, 0.1) is 5.41 Å². The highest BCUT2D eigenvalue weighted by Gasteiger charge is 2.63. The number of nitrogens with zero attached hydrogens (tertiary/aromatic N) is 4. The number of ether oxygens (including phenoxy) is 1. The molecule has 2 aliphatic heterocycles. The summed E-state index contributed by atoms with van der Waals surface area (Å²) in [6.07, 6.45) is -1.26. The van der Waals surface area contributed by atoms with Crippen LogP contribution < -0.4 is 5.32 Å². The van der Waals surface area contributed by atoms with Gasteiger partial charge in [-0.05, 0) is 57.8 Å². The van der Waals surface area contributed by atoms with Crippen molar-refractivity contribution < 1.29 is 36.0 Å². The second-order valence-corrected chi connectivity index (χ2v) is 13.0. The van der Waals surface area contributed by atoms with E-state index in [1.54, 1.807) is 9.80 Å². The number of halogens is 5. The minimum absolute atomic E-state index is 0.0724. The molecule has 2 amide bonds. The fraction of sp³-hybridized carbons (Fsp3) is 0.889. The van der Waals surface area contributed by atoms with Gasteiger partial charge in [-0.25, -0.2) is 13.6 Å². The lowest BCUT2D eigenvalue weighted by atomic mass is 9.79. The molecular formula is C27H38F5N5O3. The summed E-state index contributed by atoms with van der Waals surface area (Å²) in [7, 11) is 0. The molecule has 8 nitrogen and oxygen atoms in total. The number of aromatic nitrogens is 2. The number of rotatable bonds is 7. The molecule has 3 aliphatic carbocycles. The standard InChI is InChI=1S/C27H38F5N5O3/c1-24(22-34-21(40-35-22)17-4-5-17)10-13-37(14-11-24)23(38)33-20-19(3-2-7-26(20,28)29)39-18-6-12-36(15-18)16-25(8-9-25)27(30,31)32/h17-20H,2-16H2,1H3,(H,33,38)/t18-,19-,20+/m0/s1. The number of hydrogen-bond acceptors (Lipinski definition) is 6. The highest BCUT2D eigenvalue weighted by molar-refractivity contribution is 5.75. The molecule has 3 atom stereocenters. The molecule has 3 heterocycles. The van der Waals surface area contributed by atoms with Crippen molar-refractivity contribution in [2.45, 2.75) is 113 Å². The van der Waals surface area contributed by atoms with E-state index in [4.69, 9.17) is 9.26 Å². The van der Waals surface area contributed by atoms with Crippen molar-refractivity contribution in [2.75, 3.05) is 32.7 Å². The molecule has 5 aliphatic rings. The molecular weight excluding hydrogens is 537 g/mol. The highest BCUT2D eigenvalue weighted by atomic mass is 19.4. The van der Waals surface area contributed by atoms with Gasteiger partial charge >= 0.3 is 12.2 Å². The first-order chi connectivity index (χ1) is 18.9. The molecule has 1 N–H and O–H groups in total. The number of piperidine rings is 1. The van der Waals surface area contributed by atoms with Crippen LogP contribution in [0.2, 0.25) is 0 Å². The van der Waals surface area contributed by atoms with Gasteiger partial charge < -0.3 is 19.5 Å². The Bertz CT molecular complexity index is 1080. The van der Waals surface area contributed by atoms with E-state index in [1.165, 1.54) is 0 Å². The van der Waals surface area contributed by atoms with Crippen molar-refractivity contribution in [3.63, 3.8) is 0 Å². The number of alkyl halides is 5. The molecule has 224 valence electrons. The van der Waals surface area contributed by atoms with Gasteiger partial charge in [0.1, 0.15) is 6.04 Å². The largest absolute Gasteiger partial charge is 0.395 e. The Labute approximate surface area is 230 Å². The molecule has 0 spiro atoms.